The average Bonchev–Trinajstić information content (AvgIpc) is 3.43. The Balaban J connectivity index is 1.45. The van der Waals surface area contributed by atoms with Gasteiger partial charge in [-0.05, 0) is 74.4 Å². The Morgan fingerprint density at radius 2 is 1.66 bits per heavy atom. The van der Waals surface area contributed by atoms with Gasteiger partial charge in [-0.2, -0.15) is 0 Å². The molecule has 2 aliphatic heterocycles. The SMILES string of the molecule is COc1ccc(C2O[C@H]3C[C@H]4OC[C@@]4(OC(C)=O)[C@H]4[C@H](OC(=O)c5ccccc5)[C@]5(C(C)(C)O)C[C@H](OC(=O)[C@H](O)[C@@H](C)CC(C)C)C(C)=C5[C@@H](C)[C@H](O2)[C@]34C)cc1. The van der Waals surface area contributed by atoms with E-state index in [-0.39, 0.29) is 24.9 Å². The number of hydrogen-bond donors (Lipinski definition) is 2. The van der Waals surface area contributed by atoms with E-state index in [1.807, 2.05) is 58.9 Å². The van der Waals surface area contributed by atoms with Crippen molar-refractivity contribution in [1.29, 1.82) is 0 Å². The first kappa shape index (κ1) is 42.3. The number of aliphatic hydroxyl groups is 2. The molecule has 2 N–H and O–H groups in total. The fraction of sp³-hybridized carbons (Fsp3) is 0.630. The van der Waals surface area contributed by atoms with Gasteiger partial charge < -0.3 is 43.4 Å². The summed E-state index contributed by atoms with van der Waals surface area (Å²) in [5.74, 6) is -2.72. The Kier molecular flexibility index (Phi) is 11.2. The normalized spacial score (nSPS) is 36.3. The molecule has 2 saturated heterocycles. The Morgan fingerprint density at radius 3 is 2.22 bits per heavy atom. The van der Waals surface area contributed by atoms with Crippen LogP contribution in [0, 0.1) is 34.5 Å². The van der Waals surface area contributed by atoms with E-state index in [1.165, 1.54) is 6.92 Å². The fourth-order valence-corrected chi connectivity index (χ4v) is 11.6. The van der Waals surface area contributed by atoms with Gasteiger partial charge in [0.05, 0.1) is 48.4 Å². The standard InChI is InChI=1S/C46H60O12/c1-24(2)20-25(3)36(48)41(50)54-32-22-45(43(7,8)51)35(26(32)4)27(5)38-44(9)33(55-42(57-38)30-16-18-31(52-10)19-17-30)21-34-46(23-53-34,58-28(6)47)37(44)39(45)56-40(49)29-14-12-11-13-15-29/h11-19,24-25,27,32-34,36-39,42,48,51H,20-23H2,1-10H3/t25-,27+,32-,33-,34+,36+,37-,38-,39-,42?,44+,45-,46-/m0/s1. The summed E-state index contributed by atoms with van der Waals surface area (Å²) in [7, 11) is 1.60. The molecule has 12 nitrogen and oxygen atoms in total. The lowest BCUT2D eigenvalue weighted by atomic mass is 9.49. The van der Waals surface area contributed by atoms with Crippen LogP contribution < -0.4 is 4.74 Å². The zero-order valence-corrected chi connectivity index (χ0v) is 35.4. The number of methoxy groups -OCH3 is 1. The van der Waals surface area contributed by atoms with Crippen molar-refractivity contribution in [3.63, 3.8) is 0 Å². The predicted octanol–water partition coefficient (Wildman–Crippen LogP) is 6.51. The monoisotopic (exact) mass is 804 g/mol. The van der Waals surface area contributed by atoms with E-state index < -0.39 is 94.7 Å². The molecular weight excluding hydrogens is 744 g/mol. The first-order valence-electron chi connectivity index (χ1n) is 20.6. The van der Waals surface area contributed by atoms with Gasteiger partial charge >= 0.3 is 17.9 Å². The molecule has 12 heteroatoms. The summed E-state index contributed by atoms with van der Waals surface area (Å²) in [5, 5.41) is 24.1. The molecule has 2 aromatic rings. The molecule has 13 atom stereocenters. The van der Waals surface area contributed by atoms with Crippen molar-refractivity contribution in [3.05, 3.63) is 76.9 Å². The lowest BCUT2D eigenvalue weighted by molar-refractivity contribution is -0.399. The largest absolute Gasteiger partial charge is 0.497 e. The minimum atomic E-state index is -1.64. The number of rotatable bonds is 11. The molecule has 0 radical (unpaired) electrons. The van der Waals surface area contributed by atoms with Crippen LogP contribution in [0.1, 0.15) is 104 Å². The van der Waals surface area contributed by atoms with Gasteiger partial charge in [-0.3, -0.25) is 4.79 Å². The van der Waals surface area contributed by atoms with Gasteiger partial charge in [0.2, 0.25) is 0 Å². The molecule has 2 heterocycles. The van der Waals surface area contributed by atoms with E-state index in [9.17, 15) is 24.6 Å². The molecule has 58 heavy (non-hydrogen) atoms. The van der Waals surface area contributed by atoms with Crippen LogP contribution in [0.15, 0.2) is 65.7 Å². The van der Waals surface area contributed by atoms with E-state index in [2.05, 4.69) is 6.92 Å². The van der Waals surface area contributed by atoms with Crippen LogP contribution in [0.3, 0.4) is 0 Å². The summed E-state index contributed by atoms with van der Waals surface area (Å²) in [6.07, 6.45) is -5.18. The lowest BCUT2D eigenvalue weighted by Crippen LogP contribution is -2.79. The van der Waals surface area contributed by atoms with Crippen LogP contribution in [0.2, 0.25) is 0 Å². The van der Waals surface area contributed by atoms with Crippen molar-refractivity contribution in [2.24, 2.45) is 34.5 Å². The molecule has 2 aromatic carbocycles. The second-order valence-corrected chi connectivity index (χ2v) is 18.5. The van der Waals surface area contributed by atoms with Gasteiger partial charge in [-0.25, -0.2) is 9.59 Å². The predicted molar refractivity (Wildman–Crippen MR) is 211 cm³/mol. The zero-order chi connectivity index (χ0) is 42.1. The molecule has 1 unspecified atom stereocenters. The number of benzene rings is 2. The van der Waals surface area contributed by atoms with Crippen molar-refractivity contribution in [2.75, 3.05) is 13.7 Å². The highest BCUT2D eigenvalue weighted by Gasteiger charge is 2.80. The van der Waals surface area contributed by atoms with Crippen molar-refractivity contribution in [3.8, 4) is 5.75 Å². The van der Waals surface area contributed by atoms with Crippen molar-refractivity contribution in [2.45, 2.75) is 136 Å². The van der Waals surface area contributed by atoms with E-state index in [0.29, 0.717) is 29.7 Å². The molecule has 0 bridgehead atoms. The van der Waals surface area contributed by atoms with Crippen molar-refractivity contribution >= 4 is 17.9 Å². The van der Waals surface area contributed by atoms with E-state index >= 15 is 0 Å². The Morgan fingerprint density at radius 1 is 0.983 bits per heavy atom. The minimum absolute atomic E-state index is 0.0141. The van der Waals surface area contributed by atoms with Gasteiger partial charge in [0, 0.05) is 36.7 Å². The number of fused-ring (bicyclic) bond motifs is 3. The molecule has 0 spiro atoms. The van der Waals surface area contributed by atoms with Crippen LogP contribution in [-0.2, 0) is 38.0 Å². The smallest absolute Gasteiger partial charge is 0.338 e. The molecule has 0 aromatic heterocycles. The second-order valence-electron chi connectivity index (χ2n) is 18.5. The summed E-state index contributed by atoms with van der Waals surface area (Å²) in [6.45, 7) is 16.6. The van der Waals surface area contributed by atoms with Gasteiger partial charge in [-0.15, -0.1) is 0 Å². The minimum Gasteiger partial charge on any atom is -0.497 e. The second kappa shape index (κ2) is 15.3. The summed E-state index contributed by atoms with van der Waals surface area (Å²) in [6, 6.07) is 16.1. The molecule has 4 fully saturated rings. The van der Waals surface area contributed by atoms with Crippen LogP contribution in [0.4, 0.5) is 0 Å². The molecule has 316 valence electrons. The Hall–Kier alpha value is -3.81. The van der Waals surface area contributed by atoms with Crippen molar-refractivity contribution in [1.82, 2.24) is 0 Å². The van der Waals surface area contributed by atoms with Crippen LogP contribution in [0.5, 0.6) is 5.75 Å². The number of esters is 3. The number of hydrogen-bond acceptors (Lipinski definition) is 12. The zero-order valence-electron chi connectivity index (χ0n) is 35.4. The number of ether oxygens (including phenoxy) is 7. The highest BCUT2D eigenvalue weighted by Crippen LogP contribution is 2.71. The summed E-state index contributed by atoms with van der Waals surface area (Å²) in [4.78, 5) is 41.6. The maximum atomic E-state index is 14.6. The fourth-order valence-electron chi connectivity index (χ4n) is 11.6. The molecular formula is C46H60O12. The number of carbonyl (C=O) groups excluding carboxylic acids is 3. The first-order chi connectivity index (χ1) is 27.3. The highest BCUT2D eigenvalue weighted by atomic mass is 16.7. The quantitative estimate of drug-likeness (QED) is 0.144. The molecule has 7 rings (SSSR count). The first-order valence-corrected chi connectivity index (χ1v) is 20.6. The van der Waals surface area contributed by atoms with Gasteiger partial charge in [-0.1, -0.05) is 65.0 Å². The Bertz CT molecular complexity index is 1900. The molecule has 0 amide bonds. The molecule has 2 saturated carbocycles. The van der Waals surface area contributed by atoms with E-state index in [1.54, 1.807) is 51.3 Å². The average molecular weight is 805 g/mol. The van der Waals surface area contributed by atoms with Crippen LogP contribution >= 0.6 is 0 Å². The highest BCUT2D eigenvalue weighted by molar-refractivity contribution is 5.89. The topological polar surface area (TPSA) is 156 Å². The summed E-state index contributed by atoms with van der Waals surface area (Å²) in [5.41, 5.74) is -2.96. The maximum absolute atomic E-state index is 14.6. The third-order valence-corrected chi connectivity index (χ3v) is 14.1. The Labute approximate surface area is 341 Å². The summed E-state index contributed by atoms with van der Waals surface area (Å²) < 4.78 is 45.4. The molecule has 5 aliphatic rings. The lowest BCUT2D eigenvalue weighted by Gasteiger charge is -2.67. The summed E-state index contributed by atoms with van der Waals surface area (Å²) >= 11 is 0. The van der Waals surface area contributed by atoms with Crippen LogP contribution in [0.25, 0.3) is 0 Å². The van der Waals surface area contributed by atoms with Gasteiger partial charge in [0.25, 0.3) is 0 Å². The maximum Gasteiger partial charge on any atom is 0.338 e. The van der Waals surface area contributed by atoms with Crippen LogP contribution in [-0.4, -0.2) is 89.7 Å². The molecule has 3 aliphatic carbocycles. The number of aliphatic hydroxyl groups excluding tert-OH is 1. The number of carbonyl (C=O) groups is 3. The third kappa shape index (κ3) is 6.67. The van der Waals surface area contributed by atoms with Crippen molar-refractivity contribution < 1.29 is 57.8 Å². The van der Waals surface area contributed by atoms with E-state index in [0.717, 1.165) is 11.1 Å². The third-order valence-electron chi connectivity index (χ3n) is 14.1. The van der Waals surface area contributed by atoms with Gasteiger partial charge in [0.1, 0.15) is 24.1 Å². The van der Waals surface area contributed by atoms with Gasteiger partial charge in [0.15, 0.2) is 18.0 Å². The van der Waals surface area contributed by atoms with E-state index in [4.69, 9.17) is 33.2 Å².